The van der Waals surface area contributed by atoms with Crippen LogP contribution in [0.3, 0.4) is 0 Å². The summed E-state index contributed by atoms with van der Waals surface area (Å²) >= 11 is 6.08. The maximum Gasteiger partial charge on any atom is 0.152 e. The van der Waals surface area contributed by atoms with Crippen molar-refractivity contribution in [3.05, 3.63) is 34.4 Å². The van der Waals surface area contributed by atoms with E-state index in [1.165, 1.54) is 0 Å². The molecule has 5 heteroatoms. The number of aromatic nitrogens is 3. The third-order valence-electron chi connectivity index (χ3n) is 3.37. The first kappa shape index (κ1) is 11.4. The lowest BCUT2D eigenvalue weighted by molar-refractivity contribution is 0.626. The van der Waals surface area contributed by atoms with Crippen LogP contribution >= 0.6 is 11.6 Å². The Hall–Kier alpha value is -1.68. The largest absolute Gasteiger partial charge is 0.267 e. The SMILES string of the molecule is Cc1cc2c(nc(Cl)c3cnn(C)c32)c(F)c1C. The minimum Gasteiger partial charge on any atom is -0.267 e. The third kappa shape index (κ3) is 1.35. The summed E-state index contributed by atoms with van der Waals surface area (Å²) in [7, 11) is 1.81. The Morgan fingerprint density at radius 1 is 1.28 bits per heavy atom. The van der Waals surface area contributed by atoms with E-state index in [2.05, 4.69) is 10.1 Å². The van der Waals surface area contributed by atoms with Crippen molar-refractivity contribution in [2.45, 2.75) is 13.8 Å². The molecule has 92 valence electrons. The van der Waals surface area contributed by atoms with Gasteiger partial charge in [0.25, 0.3) is 0 Å². The molecule has 0 N–H and O–H groups in total. The van der Waals surface area contributed by atoms with Gasteiger partial charge in [0, 0.05) is 12.4 Å². The van der Waals surface area contributed by atoms with Crippen molar-refractivity contribution in [1.29, 1.82) is 0 Å². The number of hydrogen-bond acceptors (Lipinski definition) is 2. The second-order valence-corrected chi connectivity index (χ2v) is 4.82. The Balaban J connectivity index is 2.67. The average molecular weight is 264 g/mol. The summed E-state index contributed by atoms with van der Waals surface area (Å²) < 4.78 is 15.9. The number of aryl methyl sites for hydroxylation is 2. The highest BCUT2D eigenvalue weighted by molar-refractivity contribution is 6.35. The molecule has 0 saturated heterocycles. The number of hydrogen-bond donors (Lipinski definition) is 0. The minimum atomic E-state index is -0.310. The third-order valence-corrected chi connectivity index (χ3v) is 3.66. The molecule has 0 unspecified atom stereocenters. The zero-order chi connectivity index (χ0) is 13.0. The first-order valence-corrected chi connectivity index (χ1v) is 5.95. The second kappa shape index (κ2) is 3.65. The van der Waals surface area contributed by atoms with E-state index in [0.717, 1.165) is 21.9 Å². The van der Waals surface area contributed by atoms with Gasteiger partial charge in [-0.15, -0.1) is 0 Å². The molecule has 0 atom stereocenters. The van der Waals surface area contributed by atoms with Crippen LogP contribution in [0.5, 0.6) is 0 Å². The van der Waals surface area contributed by atoms with E-state index in [1.54, 1.807) is 17.8 Å². The molecule has 0 fully saturated rings. The standard InChI is InChI=1S/C13H11ClFN3/c1-6-4-8-11(10(15)7(6)2)17-13(14)9-5-16-18(3)12(8)9/h4-5H,1-3H3. The number of benzene rings is 1. The van der Waals surface area contributed by atoms with Crippen molar-refractivity contribution in [3.63, 3.8) is 0 Å². The zero-order valence-corrected chi connectivity index (χ0v) is 11.0. The molecule has 3 rings (SSSR count). The fraction of sp³-hybridized carbons (Fsp3) is 0.231. The number of halogens is 2. The molecule has 0 bridgehead atoms. The van der Waals surface area contributed by atoms with Gasteiger partial charge in [-0.05, 0) is 31.0 Å². The Morgan fingerprint density at radius 3 is 2.72 bits per heavy atom. The summed E-state index contributed by atoms with van der Waals surface area (Å²) in [5.41, 5.74) is 2.62. The fourth-order valence-electron chi connectivity index (χ4n) is 2.22. The van der Waals surface area contributed by atoms with Gasteiger partial charge in [-0.3, -0.25) is 4.68 Å². The maximum absolute atomic E-state index is 14.3. The molecule has 18 heavy (non-hydrogen) atoms. The van der Waals surface area contributed by atoms with Gasteiger partial charge in [-0.25, -0.2) is 9.37 Å². The Morgan fingerprint density at radius 2 is 2.00 bits per heavy atom. The van der Waals surface area contributed by atoms with Gasteiger partial charge in [0.1, 0.15) is 10.7 Å². The number of nitrogens with zero attached hydrogens (tertiary/aromatic N) is 3. The lowest BCUT2D eigenvalue weighted by Gasteiger charge is -2.08. The summed E-state index contributed by atoms with van der Waals surface area (Å²) in [4.78, 5) is 4.16. The van der Waals surface area contributed by atoms with Crippen LogP contribution in [0.15, 0.2) is 12.3 Å². The molecule has 3 aromatic rings. The van der Waals surface area contributed by atoms with Crippen LogP contribution in [-0.4, -0.2) is 14.8 Å². The fourth-order valence-corrected chi connectivity index (χ4v) is 2.44. The lowest BCUT2D eigenvalue weighted by atomic mass is 10.0. The van der Waals surface area contributed by atoms with Gasteiger partial charge in [-0.2, -0.15) is 5.10 Å². The van der Waals surface area contributed by atoms with E-state index >= 15 is 0 Å². The van der Waals surface area contributed by atoms with Crippen LogP contribution in [0.1, 0.15) is 11.1 Å². The Bertz CT molecular complexity index is 792. The van der Waals surface area contributed by atoms with Crippen molar-refractivity contribution >= 4 is 33.4 Å². The summed E-state index contributed by atoms with van der Waals surface area (Å²) in [6.45, 7) is 3.63. The van der Waals surface area contributed by atoms with Crippen LogP contribution in [0.25, 0.3) is 21.8 Å². The summed E-state index contributed by atoms with van der Waals surface area (Å²) in [5, 5.41) is 5.93. The molecule has 1 aromatic carbocycles. The maximum atomic E-state index is 14.3. The molecule has 0 aliphatic heterocycles. The van der Waals surface area contributed by atoms with Gasteiger partial charge in [0.15, 0.2) is 5.82 Å². The van der Waals surface area contributed by atoms with E-state index in [9.17, 15) is 4.39 Å². The normalized spacial score (nSPS) is 11.6. The van der Waals surface area contributed by atoms with Gasteiger partial charge in [0.05, 0.1) is 17.1 Å². The Labute approximate surface area is 108 Å². The van der Waals surface area contributed by atoms with E-state index in [0.29, 0.717) is 11.1 Å². The van der Waals surface area contributed by atoms with Crippen molar-refractivity contribution in [1.82, 2.24) is 14.8 Å². The molecule has 0 spiro atoms. The number of pyridine rings is 1. The van der Waals surface area contributed by atoms with Crippen LogP contribution in [0.4, 0.5) is 4.39 Å². The second-order valence-electron chi connectivity index (χ2n) is 4.46. The summed E-state index contributed by atoms with van der Waals surface area (Å²) in [6, 6.07) is 1.93. The van der Waals surface area contributed by atoms with E-state index in [1.807, 2.05) is 20.0 Å². The number of rotatable bonds is 0. The van der Waals surface area contributed by atoms with Crippen molar-refractivity contribution in [2.75, 3.05) is 0 Å². The zero-order valence-electron chi connectivity index (χ0n) is 10.3. The highest BCUT2D eigenvalue weighted by atomic mass is 35.5. The summed E-state index contributed by atoms with van der Waals surface area (Å²) in [5.74, 6) is -0.310. The molecule has 0 radical (unpaired) electrons. The topological polar surface area (TPSA) is 30.7 Å². The average Bonchev–Trinajstić information content (AvgIpc) is 2.72. The van der Waals surface area contributed by atoms with Gasteiger partial charge in [0.2, 0.25) is 0 Å². The van der Waals surface area contributed by atoms with Gasteiger partial charge in [-0.1, -0.05) is 11.6 Å². The predicted octanol–water partition coefficient (Wildman–Crippen LogP) is 3.53. The highest BCUT2D eigenvalue weighted by Crippen LogP contribution is 2.32. The highest BCUT2D eigenvalue weighted by Gasteiger charge is 2.16. The predicted molar refractivity (Wildman–Crippen MR) is 70.5 cm³/mol. The van der Waals surface area contributed by atoms with E-state index in [4.69, 9.17) is 11.6 Å². The molecule has 0 saturated carbocycles. The molecule has 0 aliphatic rings. The van der Waals surface area contributed by atoms with Crippen LogP contribution < -0.4 is 0 Å². The van der Waals surface area contributed by atoms with E-state index < -0.39 is 0 Å². The van der Waals surface area contributed by atoms with Crippen molar-refractivity contribution < 1.29 is 4.39 Å². The van der Waals surface area contributed by atoms with Crippen LogP contribution in [-0.2, 0) is 7.05 Å². The minimum absolute atomic E-state index is 0.285. The molecule has 2 heterocycles. The lowest BCUT2D eigenvalue weighted by Crippen LogP contribution is -1.96. The molecule has 0 aliphatic carbocycles. The Kier molecular flexibility index (Phi) is 2.32. The number of fused-ring (bicyclic) bond motifs is 3. The van der Waals surface area contributed by atoms with Gasteiger partial charge < -0.3 is 0 Å². The smallest absolute Gasteiger partial charge is 0.152 e. The quantitative estimate of drug-likeness (QED) is 0.581. The van der Waals surface area contributed by atoms with E-state index in [-0.39, 0.29) is 11.0 Å². The summed E-state index contributed by atoms with van der Waals surface area (Å²) in [6.07, 6.45) is 1.65. The van der Waals surface area contributed by atoms with Crippen molar-refractivity contribution in [2.24, 2.45) is 7.05 Å². The van der Waals surface area contributed by atoms with Crippen molar-refractivity contribution in [3.8, 4) is 0 Å². The monoisotopic (exact) mass is 263 g/mol. The van der Waals surface area contributed by atoms with Crippen LogP contribution in [0.2, 0.25) is 5.15 Å². The first-order valence-electron chi connectivity index (χ1n) is 5.57. The molecule has 2 aromatic heterocycles. The molecular weight excluding hydrogens is 253 g/mol. The molecular formula is C13H11ClFN3. The molecule has 0 amide bonds. The van der Waals surface area contributed by atoms with Crippen LogP contribution in [0, 0.1) is 19.7 Å². The molecule has 3 nitrogen and oxygen atoms in total. The van der Waals surface area contributed by atoms with Gasteiger partial charge >= 0.3 is 0 Å². The first-order chi connectivity index (χ1) is 8.50.